The highest BCUT2D eigenvalue weighted by Gasteiger charge is 2.10. The number of benzene rings is 6. The van der Waals surface area contributed by atoms with Crippen molar-refractivity contribution in [2.45, 2.75) is 117 Å². The molecule has 394 valence electrons. The van der Waals surface area contributed by atoms with Crippen molar-refractivity contribution in [3.63, 3.8) is 0 Å². The molecule has 0 aliphatic rings. The summed E-state index contributed by atoms with van der Waals surface area (Å²) in [5, 5.41) is 7.00. The smallest absolute Gasteiger partial charge is 0.0894 e. The zero-order valence-electron chi connectivity index (χ0n) is 46.1. The van der Waals surface area contributed by atoms with Crippen LogP contribution in [0.5, 0.6) is 0 Å². The van der Waals surface area contributed by atoms with Crippen molar-refractivity contribution in [3.05, 3.63) is 215 Å². The second kappa shape index (κ2) is 28.6. The van der Waals surface area contributed by atoms with Crippen molar-refractivity contribution >= 4 is 65.4 Å². The third-order valence-electron chi connectivity index (χ3n) is 12.3. The minimum absolute atomic E-state index is 0. The number of nitrogens with zero attached hydrogens (tertiary/aromatic N) is 6. The molecule has 12 rings (SSSR count). The maximum atomic E-state index is 4.82. The summed E-state index contributed by atoms with van der Waals surface area (Å²) in [4.78, 5) is 28.9. The molecule has 6 heteroatoms. The number of rotatable bonds is 3. The monoisotopic (exact) mass is 1020 g/mol. The minimum Gasteiger partial charge on any atom is -0.246 e. The number of aromatic nitrogens is 6. The van der Waals surface area contributed by atoms with Crippen LogP contribution >= 0.6 is 0 Å². The number of aryl methyl sites for hydroxylation is 6. The molecule has 0 aliphatic carbocycles. The Hall–Kier alpha value is -8.22. The quantitative estimate of drug-likeness (QED) is 0.175. The first-order valence-corrected chi connectivity index (χ1v) is 26.6. The van der Waals surface area contributed by atoms with Crippen LogP contribution in [0.1, 0.15) is 109 Å². The van der Waals surface area contributed by atoms with E-state index in [1.165, 1.54) is 85.0 Å². The summed E-state index contributed by atoms with van der Waals surface area (Å²) in [5.74, 6) is 0. The standard InChI is InChI=1S/3C20H16N2.3C3H8.2CH4/c3*1-13-5-3-7-15-9-11-17(21-19(13)15)18-12-10-16-8-4-6-14(2)20(16)22-18;3*1-3-2;;/h3*3-12H,1-2H3;3*3H2,1-2H3;2*1H4. The maximum absolute atomic E-state index is 4.82. The highest BCUT2D eigenvalue weighted by Crippen LogP contribution is 2.28. The Morgan fingerprint density at radius 1 is 0.208 bits per heavy atom. The van der Waals surface area contributed by atoms with Crippen LogP contribution < -0.4 is 0 Å². The Labute approximate surface area is 459 Å². The van der Waals surface area contributed by atoms with Crippen LogP contribution in [0.2, 0.25) is 0 Å². The van der Waals surface area contributed by atoms with E-state index in [0.717, 1.165) is 67.3 Å². The summed E-state index contributed by atoms with van der Waals surface area (Å²) in [6.07, 6.45) is 3.75. The second-order valence-electron chi connectivity index (χ2n) is 19.2. The summed E-state index contributed by atoms with van der Waals surface area (Å²) in [6.45, 7) is 25.3. The largest absolute Gasteiger partial charge is 0.246 e. The number of hydrogen-bond donors (Lipinski definition) is 0. The highest BCUT2D eigenvalue weighted by atomic mass is 14.8. The van der Waals surface area contributed by atoms with E-state index in [-0.39, 0.29) is 14.9 Å². The Bertz CT molecular complexity index is 3210. The molecule has 12 aromatic rings. The fourth-order valence-electron chi connectivity index (χ4n) is 8.63. The van der Waals surface area contributed by atoms with Crippen molar-refractivity contribution < 1.29 is 0 Å². The lowest BCUT2D eigenvalue weighted by Crippen LogP contribution is -1.92. The van der Waals surface area contributed by atoms with Crippen molar-refractivity contribution in [1.29, 1.82) is 0 Å². The van der Waals surface area contributed by atoms with Crippen LogP contribution in [-0.4, -0.2) is 29.9 Å². The summed E-state index contributed by atoms with van der Waals surface area (Å²) in [7, 11) is 0. The molecule has 0 radical (unpaired) electrons. The molecule has 6 heterocycles. The Balaban J connectivity index is 0.000000195. The van der Waals surface area contributed by atoms with E-state index in [1.54, 1.807) is 0 Å². The van der Waals surface area contributed by atoms with Crippen LogP contribution in [0.4, 0.5) is 0 Å². The minimum atomic E-state index is 0. The molecule has 0 saturated heterocycles. The molecule has 6 aromatic heterocycles. The van der Waals surface area contributed by atoms with Crippen LogP contribution in [0.25, 0.3) is 99.6 Å². The predicted molar refractivity (Wildman–Crippen MR) is 337 cm³/mol. The molecule has 0 saturated carbocycles. The third-order valence-corrected chi connectivity index (χ3v) is 12.3. The second-order valence-corrected chi connectivity index (χ2v) is 19.2. The average Bonchev–Trinajstić information content (AvgIpc) is 3.43. The van der Waals surface area contributed by atoms with E-state index >= 15 is 0 Å². The van der Waals surface area contributed by atoms with Gasteiger partial charge < -0.3 is 0 Å². The summed E-state index contributed by atoms with van der Waals surface area (Å²) in [6, 6.07) is 62.5. The summed E-state index contributed by atoms with van der Waals surface area (Å²) in [5.41, 5.74) is 19.0. The van der Waals surface area contributed by atoms with Crippen LogP contribution in [0.3, 0.4) is 0 Å². The zero-order valence-corrected chi connectivity index (χ0v) is 46.1. The van der Waals surface area contributed by atoms with Gasteiger partial charge in [-0.15, -0.1) is 0 Å². The lowest BCUT2D eigenvalue weighted by molar-refractivity contribution is 1.09. The number of para-hydroxylation sites is 6. The van der Waals surface area contributed by atoms with Gasteiger partial charge in [0.1, 0.15) is 0 Å². The summed E-state index contributed by atoms with van der Waals surface area (Å²) >= 11 is 0. The predicted octanol–water partition coefficient (Wildman–Crippen LogP) is 20.7. The van der Waals surface area contributed by atoms with E-state index in [2.05, 4.69) is 229 Å². The first-order valence-electron chi connectivity index (χ1n) is 26.6. The number of hydrogen-bond acceptors (Lipinski definition) is 6. The van der Waals surface area contributed by atoms with Gasteiger partial charge >= 0.3 is 0 Å². The molecule has 6 nitrogen and oxygen atoms in total. The lowest BCUT2D eigenvalue weighted by Gasteiger charge is -2.07. The molecular formula is C71H80N6. The molecular weight excluding hydrogens is 937 g/mol. The maximum Gasteiger partial charge on any atom is 0.0894 e. The molecule has 0 unspecified atom stereocenters. The highest BCUT2D eigenvalue weighted by molar-refractivity contribution is 5.90. The zero-order chi connectivity index (χ0) is 53.4. The average molecular weight is 1020 g/mol. The summed E-state index contributed by atoms with van der Waals surface area (Å²) < 4.78 is 0. The van der Waals surface area contributed by atoms with E-state index in [4.69, 9.17) is 29.9 Å². The first kappa shape index (κ1) is 59.7. The fourth-order valence-corrected chi connectivity index (χ4v) is 8.63. The van der Waals surface area contributed by atoms with Crippen LogP contribution in [0.15, 0.2) is 182 Å². The first-order chi connectivity index (χ1) is 36.4. The van der Waals surface area contributed by atoms with Gasteiger partial charge in [-0.05, 0) is 111 Å². The van der Waals surface area contributed by atoms with Crippen molar-refractivity contribution in [3.8, 4) is 34.2 Å². The van der Waals surface area contributed by atoms with Crippen molar-refractivity contribution in [2.24, 2.45) is 0 Å². The van der Waals surface area contributed by atoms with Crippen LogP contribution in [0, 0.1) is 41.5 Å². The molecule has 0 spiro atoms. The number of fused-ring (bicyclic) bond motifs is 6. The van der Waals surface area contributed by atoms with Gasteiger partial charge in [0, 0.05) is 32.3 Å². The molecule has 0 N–H and O–H groups in total. The molecule has 0 amide bonds. The van der Waals surface area contributed by atoms with Gasteiger partial charge in [-0.25, -0.2) is 29.9 Å². The van der Waals surface area contributed by atoms with Crippen molar-refractivity contribution in [1.82, 2.24) is 29.9 Å². The Morgan fingerprint density at radius 2 is 0.338 bits per heavy atom. The van der Waals surface area contributed by atoms with Gasteiger partial charge in [0.15, 0.2) is 0 Å². The SMILES string of the molecule is C.C.CCC.CCC.CCC.Cc1cccc2ccc(-c3ccc4cccc(C)c4n3)nc12.Cc1cccc2ccc(-c3ccc4cccc(C)c4n3)nc12.Cc1cccc2ccc(-c3ccc4cccc(C)c4n3)nc12. The van der Waals surface area contributed by atoms with E-state index < -0.39 is 0 Å². The van der Waals surface area contributed by atoms with Gasteiger partial charge in [0.05, 0.1) is 67.3 Å². The molecule has 0 atom stereocenters. The molecule has 0 aliphatic heterocycles. The van der Waals surface area contributed by atoms with E-state index in [1.807, 2.05) is 36.4 Å². The number of pyridine rings is 6. The van der Waals surface area contributed by atoms with Gasteiger partial charge in [-0.1, -0.05) is 221 Å². The molecule has 77 heavy (non-hydrogen) atoms. The van der Waals surface area contributed by atoms with E-state index in [9.17, 15) is 0 Å². The normalized spacial score (nSPS) is 10.3. The lowest BCUT2D eigenvalue weighted by atomic mass is 10.1. The van der Waals surface area contributed by atoms with Gasteiger partial charge in [-0.3, -0.25) is 0 Å². The third kappa shape index (κ3) is 14.6. The Morgan fingerprint density at radius 3 is 0.468 bits per heavy atom. The Kier molecular flexibility index (Phi) is 22.2. The molecule has 0 fully saturated rings. The van der Waals surface area contributed by atoms with Crippen LogP contribution in [-0.2, 0) is 0 Å². The van der Waals surface area contributed by atoms with Gasteiger partial charge in [0.2, 0.25) is 0 Å². The topological polar surface area (TPSA) is 77.3 Å². The van der Waals surface area contributed by atoms with Gasteiger partial charge in [-0.2, -0.15) is 0 Å². The van der Waals surface area contributed by atoms with Crippen molar-refractivity contribution in [2.75, 3.05) is 0 Å². The van der Waals surface area contributed by atoms with Gasteiger partial charge in [0.25, 0.3) is 0 Å². The fraction of sp³-hybridized carbons (Fsp3) is 0.239. The molecule has 0 bridgehead atoms. The molecule has 6 aromatic carbocycles. The van der Waals surface area contributed by atoms with E-state index in [0.29, 0.717) is 0 Å².